The summed E-state index contributed by atoms with van der Waals surface area (Å²) in [5, 5.41) is 6.80. The monoisotopic (exact) mass is 455 g/mol. The van der Waals surface area contributed by atoms with Gasteiger partial charge in [-0.3, -0.25) is 9.59 Å². The summed E-state index contributed by atoms with van der Waals surface area (Å²) in [6.07, 6.45) is -0.879. The molecular weight excluding hydrogens is 430 g/mol. The number of ether oxygens (including phenoxy) is 1. The molecule has 0 saturated heterocycles. The van der Waals surface area contributed by atoms with Gasteiger partial charge in [0.2, 0.25) is 17.8 Å². The molecule has 0 aliphatic rings. The maximum Gasteiger partial charge on any atom is 0.307 e. The summed E-state index contributed by atoms with van der Waals surface area (Å²) in [5.41, 5.74) is 4.26. The molecule has 7 nitrogen and oxygen atoms in total. The molecule has 1 N–H and O–H groups in total. The summed E-state index contributed by atoms with van der Waals surface area (Å²) in [7, 11) is 0. The first-order chi connectivity index (χ1) is 16.5. The number of carbonyl (C=O) groups is 2. The number of hydrogen-bond acceptors (Lipinski definition) is 6. The number of nitrogens with one attached hydrogen (secondary N) is 1. The van der Waals surface area contributed by atoms with E-state index in [1.54, 1.807) is 36.4 Å². The van der Waals surface area contributed by atoms with Crippen LogP contribution in [0.2, 0.25) is 0 Å². The molecule has 4 rings (SSSR count). The van der Waals surface area contributed by atoms with E-state index in [-0.39, 0.29) is 12.8 Å². The highest BCUT2D eigenvalue weighted by Gasteiger charge is 2.25. The summed E-state index contributed by atoms with van der Waals surface area (Å²) in [5.74, 6) is -0.179. The third-order valence-electron chi connectivity index (χ3n) is 5.23. The van der Waals surface area contributed by atoms with Crippen molar-refractivity contribution in [2.24, 2.45) is 0 Å². The van der Waals surface area contributed by atoms with Gasteiger partial charge in [-0.15, -0.1) is 0 Å². The Morgan fingerprint density at radius 3 is 2.24 bits per heavy atom. The largest absolute Gasteiger partial charge is 0.447 e. The van der Waals surface area contributed by atoms with Crippen molar-refractivity contribution < 1.29 is 18.8 Å². The Morgan fingerprint density at radius 1 is 0.912 bits per heavy atom. The third kappa shape index (κ3) is 5.95. The van der Waals surface area contributed by atoms with Gasteiger partial charge in [-0.05, 0) is 26.0 Å². The predicted molar refractivity (Wildman–Crippen MR) is 128 cm³/mol. The highest BCUT2D eigenvalue weighted by atomic mass is 16.5. The van der Waals surface area contributed by atoms with E-state index in [1.165, 1.54) is 0 Å². The Balaban J connectivity index is 1.40. The number of anilines is 1. The second kappa shape index (κ2) is 10.6. The standard InChI is InChI=1S/C27H25N3O4/c1-18-8-12-21(13-9-18)26-29-23(34-30-26)16-17-24(31)33-25(20-6-4-3-5-7-20)27(32)28-22-14-10-19(2)11-15-22/h3-15,25H,16-17H2,1-2H3,(H,28,32). The number of esters is 1. The van der Waals surface area contributed by atoms with Crippen molar-refractivity contribution in [2.75, 3.05) is 5.32 Å². The van der Waals surface area contributed by atoms with E-state index >= 15 is 0 Å². The molecule has 3 aromatic carbocycles. The summed E-state index contributed by atoms with van der Waals surface area (Å²) in [6, 6.07) is 24.1. The van der Waals surface area contributed by atoms with Gasteiger partial charge < -0.3 is 14.6 Å². The molecule has 0 aliphatic heterocycles. The van der Waals surface area contributed by atoms with Gasteiger partial charge >= 0.3 is 5.97 Å². The Bertz CT molecular complexity index is 1250. The van der Waals surface area contributed by atoms with E-state index in [0.717, 1.165) is 16.7 Å². The number of hydrogen-bond donors (Lipinski definition) is 1. The van der Waals surface area contributed by atoms with Crippen LogP contribution in [0.3, 0.4) is 0 Å². The van der Waals surface area contributed by atoms with Crippen LogP contribution in [0.4, 0.5) is 5.69 Å². The maximum absolute atomic E-state index is 13.0. The third-order valence-corrected chi connectivity index (χ3v) is 5.23. The molecular formula is C27H25N3O4. The molecule has 0 bridgehead atoms. The fraction of sp³-hybridized carbons (Fsp3) is 0.185. The fourth-order valence-electron chi connectivity index (χ4n) is 3.32. The van der Waals surface area contributed by atoms with Gasteiger partial charge in [0.05, 0.1) is 6.42 Å². The minimum absolute atomic E-state index is 0.00330. The average Bonchev–Trinajstić information content (AvgIpc) is 3.33. The number of carbonyl (C=O) groups excluding carboxylic acids is 2. The molecule has 4 aromatic rings. The number of rotatable bonds is 8. The zero-order valence-electron chi connectivity index (χ0n) is 19.0. The van der Waals surface area contributed by atoms with Crippen LogP contribution < -0.4 is 5.32 Å². The van der Waals surface area contributed by atoms with Crippen molar-refractivity contribution in [3.8, 4) is 11.4 Å². The molecule has 1 aromatic heterocycles. The van der Waals surface area contributed by atoms with Crippen molar-refractivity contribution in [3.63, 3.8) is 0 Å². The maximum atomic E-state index is 13.0. The highest BCUT2D eigenvalue weighted by molar-refractivity contribution is 5.96. The molecule has 172 valence electrons. The van der Waals surface area contributed by atoms with Gasteiger partial charge in [0, 0.05) is 23.2 Å². The van der Waals surface area contributed by atoms with Crippen molar-refractivity contribution in [1.82, 2.24) is 10.1 Å². The topological polar surface area (TPSA) is 94.3 Å². The SMILES string of the molecule is Cc1ccc(NC(=O)C(OC(=O)CCc2nc(-c3ccc(C)cc3)no2)c2ccccc2)cc1. The lowest BCUT2D eigenvalue weighted by Gasteiger charge is -2.18. The summed E-state index contributed by atoms with van der Waals surface area (Å²) < 4.78 is 10.9. The Hall–Kier alpha value is -4.26. The summed E-state index contributed by atoms with van der Waals surface area (Å²) >= 11 is 0. The molecule has 0 radical (unpaired) electrons. The van der Waals surface area contributed by atoms with Crippen LogP contribution in [0.15, 0.2) is 83.4 Å². The van der Waals surface area contributed by atoms with Crippen LogP contribution in [0, 0.1) is 13.8 Å². The lowest BCUT2D eigenvalue weighted by atomic mass is 10.1. The van der Waals surface area contributed by atoms with Crippen molar-refractivity contribution >= 4 is 17.6 Å². The van der Waals surface area contributed by atoms with Crippen LogP contribution in [0.25, 0.3) is 11.4 Å². The van der Waals surface area contributed by atoms with Gasteiger partial charge in [0.1, 0.15) is 0 Å². The Kier molecular flexibility index (Phi) is 7.13. The Morgan fingerprint density at radius 2 is 1.56 bits per heavy atom. The number of aryl methyl sites for hydroxylation is 3. The molecule has 0 aliphatic carbocycles. The van der Waals surface area contributed by atoms with Crippen LogP contribution in [-0.2, 0) is 20.7 Å². The van der Waals surface area contributed by atoms with E-state index in [9.17, 15) is 9.59 Å². The molecule has 0 saturated carbocycles. The van der Waals surface area contributed by atoms with E-state index < -0.39 is 18.0 Å². The number of aromatic nitrogens is 2. The quantitative estimate of drug-likeness (QED) is 0.367. The first-order valence-corrected chi connectivity index (χ1v) is 11.0. The van der Waals surface area contributed by atoms with Gasteiger partial charge in [-0.1, -0.05) is 83.0 Å². The van der Waals surface area contributed by atoms with Crippen molar-refractivity contribution in [2.45, 2.75) is 32.8 Å². The van der Waals surface area contributed by atoms with E-state index in [2.05, 4.69) is 15.5 Å². The van der Waals surface area contributed by atoms with Crippen molar-refractivity contribution in [1.29, 1.82) is 0 Å². The van der Waals surface area contributed by atoms with E-state index in [1.807, 2.05) is 56.3 Å². The normalized spacial score (nSPS) is 11.6. The lowest BCUT2D eigenvalue weighted by molar-refractivity contribution is -0.154. The summed E-state index contributed by atoms with van der Waals surface area (Å²) in [4.78, 5) is 29.9. The fourth-order valence-corrected chi connectivity index (χ4v) is 3.32. The first-order valence-electron chi connectivity index (χ1n) is 11.0. The predicted octanol–water partition coefficient (Wildman–Crippen LogP) is 5.21. The highest BCUT2D eigenvalue weighted by Crippen LogP contribution is 2.22. The number of nitrogens with zero attached hydrogens (tertiary/aromatic N) is 2. The molecule has 34 heavy (non-hydrogen) atoms. The molecule has 1 heterocycles. The Labute approximate surface area is 197 Å². The van der Waals surface area contributed by atoms with E-state index in [4.69, 9.17) is 9.26 Å². The molecule has 1 atom stereocenters. The molecule has 1 amide bonds. The van der Waals surface area contributed by atoms with E-state index in [0.29, 0.717) is 23.0 Å². The molecule has 0 fully saturated rings. The van der Waals surface area contributed by atoms with Gasteiger partial charge in [0.25, 0.3) is 5.91 Å². The minimum atomic E-state index is -1.08. The smallest absolute Gasteiger partial charge is 0.307 e. The second-order valence-corrected chi connectivity index (χ2v) is 8.01. The zero-order chi connectivity index (χ0) is 23.9. The van der Waals surface area contributed by atoms with Crippen LogP contribution >= 0.6 is 0 Å². The molecule has 7 heteroatoms. The van der Waals surface area contributed by atoms with Crippen LogP contribution in [0.5, 0.6) is 0 Å². The zero-order valence-corrected chi connectivity index (χ0v) is 19.0. The number of amides is 1. The van der Waals surface area contributed by atoms with Crippen molar-refractivity contribution in [3.05, 3.63) is 101 Å². The minimum Gasteiger partial charge on any atom is -0.447 e. The average molecular weight is 456 g/mol. The number of benzene rings is 3. The van der Waals surface area contributed by atoms with Crippen LogP contribution in [-0.4, -0.2) is 22.0 Å². The van der Waals surface area contributed by atoms with Gasteiger partial charge in [-0.2, -0.15) is 4.98 Å². The second-order valence-electron chi connectivity index (χ2n) is 8.01. The summed E-state index contributed by atoms with van der Waals surface area (Å²) in [6.45, 7) is 3.97. The van der Waals surface area contributed by atoms with Crippen LogP contribution in [0.1, 0.15) is 35.1 Å². The molecule has 1 unspecified atom stereocenters. The molecule has 0 spiro atoms. The van der Waals surface area contributed by atoms with Gasteiger partial charge in [0.15, 0.2) is 0 Å². The lowest BCUT2D eigenvalue weighted by Crippen LogP contribution is -2.26. The first kappa shape index (κ1) is 22.9. The van der Waals surface area contributed by atoms with Gasteiger partial charge in [-0.25, -0.2) is 0 Å².